The van der Waals surface area contributed by atoms with E-state index in [1.54, 1.807) is 11.8 Å². The third-order valence-electron chi connectivity index (χ3n) is 5.88. The zero-order chi connectivity index (χ0) is 21.7. The highest BCUT2D eigenvalue weighted by atomic mass is 32.2. The number of thioether (sulfide) groups is 2. The first-order valence-corrected chi connectivity index (χ1v) is 11.5. The Balaban J connectivity index is 1.45. The molecule has 4 heterocycles. The number of amides is 2. The van der Waals surface area contributed by atoms with Crippen LogP contribution < -0.4 is 5.32 Å². The lowest BCUT2D eigenvalue weighted by molar-refractivity contribution is -0.159. The van der Waals surface area contributed by atoms with Crippen molar-refractivity contribution in [1.29, 1.82) is 0 Å². The maximum absolute atomic E-state index is 12.7. The first kappa shape index (κ1) is 21.4. The van der Waals surface area contributed by atoms with Crippen LogP contribution in [0.15, 0.2) is 15.6 Å². The molecule has 0 aromatic carbocycles. The summed E-state index contributed by atoms with van der Waals surface area (Å²) in [5.74, 6) is -3.04. The van der Waals surface area contributed by atoms with Gasteiger partial charge in [0.2, 0.25) is 5.91 Å². The molecule has 0 spiro atoms. The van der Waals surface area contributed by atoms with E-state index < -0.39 is 42.2 Å². The Kier molecular flexibility index (Phi) is 5.73. The van der Waals surface area contributed by atoms with E-state index in [0.29, 0.717) is 4.91 Å². The molecule has 12 heteroatoms. The van der Waals surface area contributed by atoms with Gasteiger partial charge < -0.3 is 20.2 Å². The van der Waals surface area contributed by atoms with Crippen LogP contribution in [0, 0.1) is 11.8 Å². The molecule has 0 saturated carbocycles. The zero-order valence-electron chi connectivity index (χ0n) is 16.4. The summed E-state index contributed by atoms with van der Waals surface area (Å²) < 4.78 is 25.1. The number of β-lactam (4-membered cyclic amide) rings is 1. The fraction of sp³-hybridized carbons (Fsp3) is 0.667. The van der Waals surface area contributed by atoms with Crippen LogP contribution in [0.25, 0.3) is 0 Å². The second-order valence-corrected chi connectivity index (χ2v) is 10.2. The first-order chi connectivity index (χ1) is 14.2. The van der Waals surface area contributed by atoms with Crippen LogP contribution in [0.3, 0.4) is 0 Å². The van der Waals surface area contributed by atoms with Gasteiger partial charge in [-0.05, 0) is 6.92 Å². The molecule has 2 amide bonds. The smallest absolute Gasteiger partial charge is 0.353 e. The third kappa shape index (κ3) is 3.47. The largest absolute Gasteiger partial charge is 0.477 e. The van der Waals surface area contributed by atoms with E-state index in [9.17, 15) is 28.3 Å². The Morgan fingerprint density at radius 1 is 1.37 bits per heavy atom. The van der Waals surface area contributed by atoms with E-state index in [1.807, 2.05) is 6.92 Å². The highest BCUT2D eigenvalue weighted by Crippen LogP contribution is 2.52. The summed E-state index contributed by atoms with van der Waals surface area (Å²) >= 11 is 3.19. The van der Waals surface area contributed by atoms with Gasteiger partial charge in [-0.1, -0.05) is 18.7 Å². The number of hydrogen-bond donors (Lipinski definition) is 2. The van der Waals surface area contributed by atoms with Crippen LogP contribution >= 0.6 is 23.5 Å². The van der Waals surface area contributed by atoms with Gasteiger partial charge in [0.15, 0.2) is 5.17 Å². The number of aliphatic carboxylic acids is 1. The van der Waals surface area contributed by atoms with Gasteiger partial charge in [0.1, 0.15) is 5.70 Å². The maximum atomic E-state index is 12.7. The normalized spacial score (nSPS) is 29.6. The predicted octanol–water partition coefficient (Wildman–Crippen LogP) is 1.05. The highest BCUT2D eigenvalue weighted by molar-refractivity contribution is 8.14. The van der Waals surface area contributed by atoms with Crippen LogP contribution in [0.1, 0.15) is 13.8 Å². The number of nitrogens with one attached hydrogen (secondary N) is 1. The highest BCUT2D eigenvalue weighted by Gasteiger charge is 2.60. The molecule has 2 saturated heterocycles. The molecule has 4 aliphatic heterocycles. The van der Waals surface area contributed by atoms with Crippen LogP contribution in [0.4, 0.5) is 8.78 Å². The minimum absolute atomic E-state index is 0.0165. The second-order valence-electron chi connectivity index (χ2n) is 7.79. The van der Waals surface area contributed by atoms with Gasteiger partial charge in [0, 0.05) is 41.0 Å². The standard InChI is InChI=1S/C18H22F2N4O4S2/c1-7-11-10(8(2)22-15(25)14(19)20)16(26)24(11)12(17(27)28)13(7)30-9-5-23(6-9)18-21-3-4-29-18/h7-11,14H,3-6H2,1-2H3,(H,22,25)(H,27,28)/t7-,8?,10-,11-/m1/s1. The average molecular weight is 461 g/mol. The van der Waals surface area contributed by atoms with Crippen molar-refractivity contribution in [2.75, 3.05) is 25.4 Å². The molecule has 1 unspecified atom stereocenters. The fourth-order valence-corrected chi connectivity index (χ4v) is 6.84. The number of likely N-dealkylation sites (tertiary alicyclic amines) is 1. The summed E-state index contributed by atoms with van der Waals surface area (Å²) in [7, 11) is 0. The van der Waals surface area contributed by atoms with E-state index in [-0.39, 0.29) is 16.9 Å². The number of hydrogen-bond acceptors (Lipinski definition) is 7. The molecule has 0 radical (unpaired) electrons. The molecule has 0 aromatic rings. The molecule has 4 atom stereocenters. The van der Waals surface area contributed by atoms with Gasteiger partial charge in [0.05, 0.1) is 18.5 Å². The van der Waals surface area contributed by atoms with E-state index in [0.717, 1.165) is 30.6 Å². The number of carbonyl (C=O) groups is 3. The van der Waals surface area contributed by atoms with Gasteiger partial charge in [-0.3, -0.25) is 14.6 Å². The monoisotopic (exact) mass is 460 g/mol. The summed E-state index contributed by atoms with van der Waals surface area (Å²) in [6.45, 7) is 5.71. The summed E-state index contributed by atoms with van der Waals surface area (Å²) in [5.41, 5.74) is -0.0165. The van der Waals surface area contributed by atoms with Crippen molar-refractivity contribution in [3.05, 3.63) is 10.6 Å². The zero-order valence-corrected chi connectivity index (χ0v) is 18.0. The number of alkyl halides is 2. The van der Waals surface area contributed by atoms with E-state index in [2.05, 4.69) is 15.2 Å². The number of halogens is 2. The number of rotatable bonds is 6. The molecule has 0 aliphatic carbocycles. The number of carbonyl (C=O) groups excluding carboxylic acids is 2. The van der Waals surface area contributed by atoms with Crippen LogP contribution in [-0.4, -0.2) is 87.0 Å². The Morgan fingerprint density at radius 3 is 2.63 bits per heavy atom. The van der Waals surface area contributed by atoms with Gasteiger partial charge in [0.25, 0.3) is 5.91 Å². The van der Waals surface area contributed by atoms with Gasteiger partial charge in [-0.2, -0.15) is 8.78 Å². The van der Waals surface area contributed by atoms with E-state index in [1.165, 1.54) is 23.6 Å². The number of nitrogens with zero attached hydrogens (tertiary/aromatic N) is 3. The van der Waals surface area contributed by atoms with Crippen LogP contribution in [0.2, 0.25) is 0 Å². The Bertz CT molecular complexity index is 846. The molecular formula is C18H22F2N4O4S2. The van der Waals surface area contributed by atoms with Crippen molar-refractivity contribution in [2.45, 2.75) is 37.6 Å². The van der Waals surface area contributed by atoms with Crippen molar-refractivity contribution in [3.8, 4) is 0 Å². The Hall–Kier alpha value is -1.82. The first-order valence-electron chi connectivity index (χ1n) is 9.68. The van der Waals surface area contributed by atoms with Crippen molar-refractivity contribution < 1.29 is 28.3 Å². The predicted molar refractivity (Wildman–Crippen MR) is 109 cm³/mol. The van der Waals surface area contributed by atoms with Crippen LogP contribution in [0.5, 0.6) is 0 Å². The molecule has 164 valence electrons. The fourth-order valence-electron chi connectivity index (χ4n) is 4.44. The number of aliphatic imine (C=N–C) groups is 1. The van der Waals surface area contributed by atoms with Crippen molar-refractivity contribution in [3.63, 3.8) is 0 Å². The molecule has 2 N–H and O–H groups in total. The lowest BCUT2D eigenvalue weighted by Gasteiger charge is -2.47. The summed E-state index contributed by atoms with van der Waals surface area (Å²) in [4.78, 5) is 44.5. The number of carboxylic acid groups (broad SMARTS) is 1. The van der Waals surface area contributed by atoms with Crippen LogP contribution in [-0.2, 0) is 14.4 Å². The molecule has 0 bridgehead atoms. The Labute approximate surface area is 180 Å². The van der Waals surface area contributed by atoms with Crippen molar-refractivity contribution in [1.82, 2.24) is 15.1 Å². The average Bonchev–Trinajstić information content (AvgIpc) is 3.23. The number of amidine groups is 1. The Morgan fingerprint density at radius 2 is 2.07 bits per heavy atom. The lowest BCUT2D eigenvalue weighted by Crippen LogP contribution is -2.66. The van der Waals surface area contributed by atoms with Gasteiger partial charge in [-0.15, -0.1) is 11.8 Å². The minimum Gasteiger partial charge on any atom is -0.477 e. The summed E-state index contributed by atoms with van der Waals surface area (Å²) in [5, 5.41) is 13.1. The molecule has 0 aromatic heterocycles. The lowest BCUT2D eigenvalue weighted by atomic mass is 9.78. The van der Waals surface area contributed by atoms with E-state index in [4.69, 9.17) is 0 Å². The molecule has 4 rings (SSSR count). The third-order valence-corrected chi connectivity index (χ3v) is 8.36. The van der Waals surface area contributed by atoms with Gasteiger partial charge in [-0.25, -0.2) is 4.79 Å². The van der Waals surface area contributed by atoms with Crippen molar-refractivity contribution >= 4 is 46.5 Å². The molecule has 8 nitrogen and oxygen atoms in total. The summed E-state index contributed by atoms with van der Waals surface area (Å²) in [6.07, 6.45) is -3.16. The molecule has 4 aliphatic rings. The topological polar surface area (TPSA) is 102 Å². The molecule has 30 heavy (non-hydrogen) atoms. The molecule has 2 fully saturated rings. The summed E-state index contributed by atoms with van der Waals surface area (Å²) in [6, 6.07) is -1.26. The quantitative estimate of drug-likeness (QED) is 0.571. The van der Waals surface area contributed by atoms with Gasteiger partial charge >= 0.3 is 12.4 Å². The SMILES string of the molecule is CC(NC(=O)C(F)F)[C@H]1C(=O)N2C(C(=O)O)=C(SC3CN(C4=NCCS4)C3)[C@H](C)[C@H]12. The number of fused-ring (bicyclic) bond motifs is 1. The molecular weight excluding hydrogens is 438 g/mol. The second kappa shape index (κ2) is 8.03. The number of carboxylic acids is 1. The minimum atomic E-state index is -3.16. The van der Waals surface area contributed by atoms with E-state index >= 15 is 0 Å². The van der Waals surface area contributed by atoms with Crippen molar-refractivity contribution in [2.24, 2.45) is 16.8 Å². The maximum Gasteiger partial charge on any atom is 0.353 e.